The van der Waals surface area contributed by atoms with Crippen molar-refractivity contribution in [1.29, 1.82) is 0 Å². The molecule has 0 aliphatic carbocycles. The quantitative estimate of drug-likeness (QED) is 0.471. The van der Waals surface area contributed by atoms with Crippen LogP contribution in [0, 0.1) is 6.92 Å². The average Bonchev–Trinajstić information content (AvgIpc) is 2.70. The van der Waals surface area contributed by atoms with Crippen molar-refractivity contribution >= 4 is 28.5 Å². The van der Waals surface area contributed by atoms with Crippen LogP contribution in [0.5, 0.6) is 11.5 Å². The fourth-order valence-electron chi connectivity index (χ4n) is 3.20. The molecule has 0 spiro atoms. The van der Waals surface area contributed by atoms with Crippen molar-refractivity contribution in [3.05, 3.63) is 59.3 Å². The molecule has 30 heavy (non-hydrogen) atoms. The maximum atomic E-state index is 12.4. The van der Waals surface area contributed by atoms with Crippen LogP contribution >= 0.6 is 0 Å². The Balaban J connectivity index is 1.82. The number of hydrogen-bond acceptors (Lipinski definition) is 6. The van der Waals surface area contributed by atoms with Crippen molar-refractivity contribution in [1.82, 2.24) is 10.3 Å². The minimum Gasteiger partial charge on any atom is -0.508 e. The first-order chi connectivity index (χ1) is 14.3. The first kappa shape index (κ1) is 20.9. The van der Waals surface area contributed by atoms with Gasteiger partial charge in [-0.15, -0.1) is 0 Å². The second kappa shape index (κ2) is 8.69. The number of pyridine rings is 1. The van der Waals surface area contributed by atoms with Gasteiger partial charge in [-0.05, 0) is 43.7 Å². The van der Waals surface area contributed by atoms with Crippen molar-refractivity contribution < 1.29 is 24.5 Å². The van der Waals surface area contributed by atoms with Crippen LogP contribution in [0.1, 0.15) is 39.8 Å². The molecule has 0 radical (unpaired) electrons. The summed E-state index contributed by atoms with van der Waals surface area (Å²) < 4.78 is 5.91. The molecule has 8 nitrogen and oxygen atoms in total. The predicted molar refractivity (Wildman–Crippen MR) is 113 cm³/mol. The summed E-state index contributed by atoms with van der Waals surface area (Å²) in [6, 6.07) is 10.9. The number of carbonyl (C=O) groups is 2. The van der Waals surface area contributed by atoms with Gasteiger partial charge in [-0.2, -0.15) is 0 Å². The normalized spacial score (nSPS) is 11.8. The van der Waals surface area contributed by atoms with Gasteiger partial charge in [-0.25, -0.2) is 4.79 Å². The summed E-state index contributed by atoms with van der Waals surface area (Å²) in [5.74, 6) is -1.08. The van der Waals surface area contributed by atoms with Gasteiger partial charge in [0.25, 0.3) is 5.91 Å². The molecule has 1 amide bonds. The Hall–Kier alpha value is -3.81. The fourth-order valence-corrected chi connectivity index (χ4v) is 3.20. The predicted octanol–water partition coefficient (Wildman–Crippen LogP) is 3.12. The number of carboxylic acids is 1. The number of aromatic hydroxyl groups is 1. The minimum absolute atomic E-state index is 0.00945. The number of aromatic carboxylic acids is 1. The van der Waals surface area contributed by atoms with Gasteiger partial charge in [0.15, 0.2) is 0 Å². The maximum Gasteiger partial charge on any atom is 0.339 e. The highest BCUT2D eigenvalue weighted by atomic mass is 16.5. The molecule has 0 saturated heterocycles. The van der Waals surface area contributed by atoms with E-state index < -0.39 is 5.97 Å². The van der Waals surface area contributed by atoms with Crippen molar-refractivity contribution in [3.63, 3.8) is 0 Å². The second-order valence-electron chi connectivity index (χ2n) is 6.88. The van der Waals surface area contributed by atoms with Crippen molar-refractivity contribution in [2.75, 3.05) is 12.3 Å². The van der Waals surface area contributed by atoms with Gasteiger partial charge in [0.2, 0.25) is 0 Å². The van der Waals surface area contributed by atoms with Crippen molar-refractivity contribution in [2.45, 2.75) is 26.3 Å². The lowest BCUT2D eigenvalue weighted by Gasteiger charge is -2.19. The maximum absolute atomic E-state index is 12.4. The molecule has 1 heterocycles. The van der Waals surface area contributed by atoms with Crippen LogP contribution in [0.3, 0.4) is 0 Å². The number of benzene rings is 2. The molecule has 156 valence electrons. The highest BCUT2D eigenvalue weighted by molar-refractivity contribution is 6.06. The largest absolute Gasteiger partial charge is 0.508 e. The molecular formula is C22H23N3O5. The van der Waals surface area contributed by atoms with E-state index in [-0.39, 0.29) is 35.6 Å². The molecule has 8 heteroatoms. The number of aryl methyl sites for hydroxylation is 1. The van der Waals surface area contributed by atoms with E-state index in [4.69, 9.17) is 10.5 Å². The average molecular weight is 409 g/mol. The van der Waals surface area contributed by atoms with Gasteiger partial charge in [0, 0.05) is 5.56 Å². The molecule has 0 fully saturated rings. The smallest absolute Gasteiger partial charge is 0.339 e. The zero-order chi connectivity index (χ0) is 21.8. The number of nitrogens with two attached hydrogens (primary N) is 1. The van der Waals surface area contributed by atoms with Gasteiger partial charge in [0.05, 0.1) is 28.3 Å². The molecule has 0 aliphatic rings. The summed E-state index contributed by atoms with van der Waals surface area (Å²) in [6.45, 7) is 3.65. The zero-order valence-corrected chi connectivity index (χ0v) is 16.7. The number of hydrogen-bond donors (Lipinski definition) is 4. The highest BCUT2D eigenvalue weighted by Crippen LogP contribution is 2.33. The number of nitrogen functional groups attached to an aromatic ring is 1. The Morgan fingerprint density at radius 2 is 1.97 bits per heavy atom. The van der Waals surface area contributed by atoms with Crippen LogP contribution in [0.25, 0.3) is 10.9 Å². The monoisotopic (exact) mass is 409 g/mol. The molecule has 0 bridgehead atoms. The Morgan fingerprint density at radius 1 is 1.23 bits per heavy atom. The molecule has 5 N–H and O–H groups in total. The van der Waals surface area contributed by atoms with E-state index in [0.717, 1.165) is 0 Å². The number of aromatic nitrogens is 1. The van der Waals surface area contributed by atoms with Gasteiger partial charge >= 0.3 is 5.97 Å². The van der Waals surface area contributed by atoms with Crippen LogP contribution in [0.4, 0.5) is 5.69 Å². The third kappa shape index (κ3) is 4.27. The number of nitrogens with zero attached hydrogens (tertiary/aromatic N) is 1. The number of carbonyl (C=O) groups excluding carboxylic acids is 1. The number of rotatable bonds is 7. The fraction of sp³-hybridized carbons (Fsp3) is 0.227. The highest BCUT2D eigenvalue weighted by Gasteiger charge is 2.20. The van der Waals surface area contributed by atoms with E-state index in [9.17, 15) is 19.8 Å². The number of ether oxygens (including phenoxy) is 1. The Bertz CT molecular complexity index is 1110. The molecule has 2 aromatic carbocycles. The van der Waals surface area contributed by atoms with Gasteiger partial charge in [-0.1, -0.05) is 19.1 Å². The number of phenolic OH excluding ortho intramolecular Hbond substituents is 1. The van der Waals surface area contributed by atoms with Crippen LogP contribution in [0.15, 0.2) is 42.5 Å². The first-order valence-electron chi connectivity index (χ1n) is 9.46. The summed E-state index contributed by atoms with van der Waals surface area (Å²) in [5, 5.41) is 22.3. The van der Waals surface area contributed by atoms with Crippen LogP contribution in [-0.4, -0.2) is 39.7 Å². The Labute approximate surface area is 173 Å². The van der Waals surface area contributed by atoms with Crippen molar-refractivity contribution in [2.24, 2.45) is 0 Å². The standard InChI is InChI=1S/C22H23N3O5/c1-3-14(25-21(27)13-6-4-7-15(26)10-13)11-30-17-9-5-8-16-19(17)20(23)18(22(28)29)12(2)24-16/h4-10,14,26H,3,11H2,1-2H3,(H2,23,24)(H,25,27)(H,28,29). The van der Waals surface area contributed by atoms with Crippen molar-refractivity contribution in [3.8, 4) is 11.5 Å². The lowest BCUT2D eigenvalue weighted by molar-refractivity contribution is 0.0696. The van der Waals surface area contributed by atoms with E-state index >= 15 is 0 Å². The topological polar surface area (TPSA) is 135 Å². The third-order valence-electron chi connectivity index (χ3n) is 4.78. The third-order valence-corrected chi connectivity index (χ3v) is 4.78. The summed E-state index contributed by atoms with van der Waals surface area (Å²) in [4.78, 5) is 28.3. The lowest BCUT2D eigenvalue weighted by atomic mass is 10.1. The van der Waals surface area contributed by atoms with Gasteiger partial charge in [0.1, 0.15) is 23.7 Å². The van der Waals surface area contributed by atoms with Crippen LogP contribution in [-0.2, 0) is 0 Å². The molecule has 3 aromatic rings. The SMILES string of the molecule is CCC(COc1cccc2nc(C)c(C(=O)O)c(N)c12)NC(=O)c1cccc(O)c1. The molecule has 1 aromatic heterocycles. The summed E-state index contributed by atoms with van der Waals surface area (Å²) >= 11 is 0. The number of carboxylic acid groups (broad SMARTS) is 1. The first-order valence-corrected chi connectivity index (χ1v) is 9.46. The number of anilines is 1. The van der Waals surface area contributed by atoms with E-state index in [0.29, 0.717) is 34.3 Å². The number of phenols is 1. The van der Waals surface area contributed by atoms with Crippen LogP contribution < -0.4 is 15.8 Å². The second-order valence-corrected chi connectivity index (χ2v) is 6.88. The van der Waals surface area contributed by atoms with E-state index in [1.54, 1.807) is 37.3 Å². The number of fused-ring (bicyclic) bond motifs is 1. The molecule has 0 saturated carbocycles. The van der Waals surface area contributed by atoms with E-state index in [2.05, 4.69) is 10.3 Å². The number of amides is 1. The zero-order valence-electron chi connectivity index (χ0n) is 16.7. The molecule has 3 rings (SSSR count). The summed E-state index contributed by atoms with van der Waals surface area (Å²) in [5.41, 5.74) is 7.38. The lowest BCUT2D eigenvalue weighted by Crippen LogP contribution is -2.38. The molecular weight excluding hydrogens is 386 g/mol. The minimum atomic E-state index is -1.15. The van der Waals surface area contributed by atoms with E-state index in [1.165, 1.54) is 12.1 Å². The van der Waals surface area contributed by atoms with Gasteiger partial charge < -0.3 is 26.0 Å². The number of nitrogens with one attached hydrogen (secondary N) is 1. The van der Waals surface area contributed by atoms with Gasteiger partial charge in [-0.3, -0.25) is 9.78 Å². The Kier molecular flexibility index (Phi) is 6.06. The summed E-state index contributed by atoms with van der Waals surface area (Å²) in [6.07, 6.45) is 0.600. The van der Waals surface area contributed by atoms with Crippen LogP contribution in [0.2, 0.25) is 0 Å². The molecule has 0 aliphatic heterocycles. The Morgan fingerprint density at radius 3 is 2.63 bits per heavy atom. The molecule has 1 unspecified atom stereocenters. The summed E-state index contributed by atoms with van der Waals surface area (Å²) in [7, 11) is 0. The van der Waals surface area contributed by atoms with E-state index in [1.807, 2.05) is 6.92 Å². The molecule has 1 atom stereocenters.